The summed E-state index contributed by atoms with van der Waals surface area (Å²) in [5.74, 6) is -1.19. The number of alkyl halides is 3. The maximum atomic E-state index is 12.7. The lowest BCUT2D eigenvalue weighted by Crippen LogP contribution is -2.44. The molecule has 2 nitrogen and oxygen atoms in total. The van der Waals surface area contributed by atoms with Gasteiger partial charge < -0.3 is 10.6 Å². The fourth-order valence-corrected chi connectivity index (χ4v) is 3.08. The van der Waals surface area contributed by atoms with Crippen molar-refractivity contribution in [3.8, 4) is 0 Å². The number of rotatable bonds is 3. The van der Waals surface area contributed by atoms with Gasteiger partial charge in [0.1, 0.15) is 0 Å². The van der Waals surface area contributed by atoms with E-state index in [0.29, 0.717) is 19.5 Å². The van der Waals surface area contributed by atoms with Gasteiger partial charge in [-0.2, -0.15) is 13.2 Å². The zero-order chi connectivity index (χ0) is 13.2. The molecule has 0 bridgehead atoms. The van der Waals surface area contributed by atoms with E-state index in [0.717, 1.165) is 4.88 Å². The Balaban J connectivity index is 1.90. The van der Waals surface area contributed by atoms with Crippen LogP contribution in [0.2, 0.25) is 0 Å². The molecule has 102 valence electrons. The molecule has 1 fully saturated rings. The largest absolute Gasteiger partial charge is 0.393 e. The number of nitrogens with two attached hydrogens (primary N) is 1. The Kier molecular flexibility index (Phi) is 4.29. The molecule has 18 heavy (non-hydrogen) atoms. The van der Waals surface area contributed by atoms with E-state index in [1.807, 2.05) is 22.4 Å². The van der Waals surface area contributed by atoms with Crippen molar-refractivity contribution in [3.63, 3.8) is 0 Å². The van der Waals surface area contributed by atoms with Crippen LogP contribution in [0.15, 0.2) is 17.5 Å². The number of hydrogen-bond acceptors (Lipinski definition) is 3. The molecule has 6 heteroatoms. The second-order valence-corrected chi connectivity index (χ2v) is 5.74. The average molecular weight is 278 g/mol. The maximum Gasteiger partial charge on any atom is 0.393 e. The van der Waals surface area contributed by atoms with Crippen molar-refractivity contribution in [2.75, 3.05) is 19.6 Å². The maximum absolute atomic E-state index is 12.7. The van der Waals surface area contributed by atoms with E-state index in [1.54, 1.807) is 11.3 Å². The summed E-state index contributed by atoms with van der Waals surface area (Å²) in [5.41, 5.74) is 6.01. The van der Waals surface area contributed by atoms with Gasteiger partial charge in [0.15, 0.2) is 0 Å². The molecule has 1 aliphatic heterocycles. The molecule has 0 aromatic carbocycles. The highest BCUT2D eigenvalue weighted by atomic mass is 32.1. The first kappa shape index (κ1) is 13.8. The minimum absolute atomic E-state index is 0.0859. The quantitative estimate of drug-likeness (QED) is 0.921. The summed E-state index contributed by atoms with van der Waals surface area (Å²) in [6.07, 6.45) is -3.23. The van der Waals surface area contributed by atoms with E-state index in [2.05, 4.69) is 0 Å². The highest BCUT2D eigenvalue weighted by molar-refractivity contribution is 7.10. The lowest BCUT2D eigenvalue weighted by molar-refractivity contribution is -0.186. The molecular weight excluding hydrogens is 261 g/mol. The van der Waals surface area contributed by atoms with Crippen LogP contribution in [0.4, 0.5) is 13.2 Å². The Labute approximate surface area is 109 Å². The Bertz CT molecular complexity index is 364. The standard InChI is InChI=1S/C12H17F3N2S/c13-12(14,15)9-3-1-5-17(7-9)8-10(16)11-4-2-6-18-11/h2,4,6,9-10H,1,3,5,7-8,16H2. The Morgan fingerprint density at radius 1 is 1.50 bits per heavy atom. The SMILES string of the molecule is NC(CN1CCCC(C(F)(F)F)C1)c1cccs1. The van der Waals surface area contributed by atoms with Gasteiger partial charge in [0.25, 0.3) is 0 Å². The van der Waals surface area contributed by atoms with Gasteiger partial charge in [0.05, 0.1) is 12.0 Å². The first-order valence-electron chi connectivity index (χ1n) is 6.05. The number of nitrogens with zero attached hydrogens (tertiary/aromatic N) is 1. The molecule has 2 N–H and O–H groups in total. The van der Waals surface area contributed by atoms with Crippen LogP contribution in [0, 0.1) is 5.92 Å². The smallest absolute Gasteiger partial charge is 0.322 e. The van der Waals surface area contributed by atoms with E-state index >= 15 is 0 Å². The Hall–Kier alpha value is -0.590. The van der Waals surface area contributed by atoms with Crippen molar-refractivity contribution >= 4 is 11.3 Å². The molecule has 1 aliphatic rings. The number of piperidine rings is 1. The van der Waals surface area contributed by atoms with Gasteiger partial charge in [0, 0.05) is 18.0 Å². The fraction of sp³-hybridized carbons (Fsp3) is 0.667. The van der Waals surface area contributed by atoms with Crippen LogP contribution >= 0.6 is 11.3 Å². The van der Waals surface area contributed by atoms with Crippen LogP contribution in [-0.4, -0.2) is 30.7 Å². The summed E-state index contributed by atoms with van der Waals surface area (Å²) >= 11 is 1.55. The number of thiophene rings is 1. The van der Waals surface area contributed by atoms with E-state index in [-0.39, 0.29) is 19.0 Å². The molecule has 2 heterocycles. The van der Waals surface area contributed by atoms with Crippen LogP contribution in [0.25, 0.3) is 0 Å². The van der Waals surface area contributed by atoms with Gasteiger partial charge in [-0.25, -0.2) is 0 Å². The first-order chi connectivity index (χ1) is 8.47. The van der Waals surface area contributed by atoms with Gasteiger partial charge in [0.2, 0.25) is 0 Å². The van der Waals surface area contributed by atoms with E-state index < -0.39 is 12.1 Å². The highest BCUT2D eigenvalue weighted by Gasteiger charge is 2.41. The Morgan fingerprint density at radius 2 is 2.28 bits per heavy atom. The predicted octanol–water partition coefficient (Wildman–Crippen LogP) is 3.02. The molecule has 0 amide bonds. The van der Waals surface area contributed by atoms with Crippen LogP contribution in [0.5, 0.6) is 0 Å². The zero-order valence-corrected chi connectivity index (χ0v) is 10.8. The van der Waals surface area contributed by atoms with Crippen LogP contribution < -0.4 is 5.73 Å². The van der Waals surface area contributed by atoms with Gasteiger partial charge in [-0.1, -0.05) is 6.07 Å². The van der Waals surface area contributed by atoms with Crippen molar-refractivity contribution in [1.82, 2.24) is 4.90 Å². The monoisotopic (exact) mass is 278 g/mol. The van der Waals surface area contributed by atoms with Crippen LogP contribution in [0.1, 0.15) is 23.8 Å². The van der Waals surface area contributed by atoms with Gasteiger partial charge >= 0.3 is 6.18 Å². The molecule has 0 aliphatic carbocycles. The minimum atomic E-state index is -4.08. The topological polar surface area (TPSA) is 29.3 Å². The summed E-state index contributed by atoms with van der Waals surface area (Å²) in [5, 5.41) is 1.93. The second kappa shape index (κ2) is 5.59. The van der Waals surface area contributed by atoms with E-state index in [9.17, 15) is 13.2 Å². The molecule has 2 unspecified atom stereocenters. The van der Waals surface area contributed by atoms with Crippen molar-refractivity contribution in [2.24, 2.45) is 11.7 Å². The summed E-state index contributed by atoms with van der Waals surface area (Å²) < 4.78 is 38.0. The number of likely N-dealkylation sites (tertiary alicyclic amines) is 1. The van der Waals surface area contributed by atoms with Crippen LogP contribution in [0.3, 0.4) is 0 Å². The van der Waals surface area contributed by atoms with E-state index in [1.165, 1.54) is 0 Å². The summed E-state index contributed by atoms with van der Waals surface area (Å²) in [6, 6.07) is 3.66. The predicted molar refractivity (Wildman–Crippen MR) is 66.5 cm³/mol. The summed E-state index contributed by atoms with van der Waals surface area (Å²) in [6.45, 7) is 1.31. The molecular formula is C12H17F3N2S. The molecule has 0 saturated carbocycles. The lowest BCUT2D eigenvalue weighted by atomic mass is 9.97. The molecule has 2 atom stereocenters. The molecule has 0 radical (unpaired) electrons. The normalized spacial score (nSPS) is 24.1. The fourth-order valence-electron chi connectivity index (χ4n) is 2.36. The lowest BCUT2D eigenvalue weighted by Gasteiger charge is -2.34. The third-order valence-corrected chi connectivity index (χ3v) is 4.34. The molecule has 1 aromatic rings. The average Bonchev–Trinajstić information content (AvgIpc) is 2.81. The summed E-state index contributed by atoms with van der Waals surface area (Å²) in [4.78, 5) is 2.87. The third-order valence-electron chi connectivity index (χ3n) is 3.33. The molecule has 1 saturated heterocycles. The van der Waals surface area contributed by atoms with Crippen molar-refractivity contribution in [2.45, 2.75) is 25.1 Å². The zero-order valence-electron chi connectivity index (χ0n) is 9.99. The van der Waals surface area contributed by atoms with Crippen molar-refractivity contribution in [1.29, 1.82) is 0 Å². The third kappa shape index (κ3) is 3.46. The molecule has 1 aromatic heterocycles. The first-order valence-corrected chi connectivity index (χ1v) is 6.93. The molecule has 0 spiro atoms. The number of halogens is 3. The Morgan fingerprint density at radius 3 is 2.89 bits per heavy atom. The van der Waals surface area contributed by atoms with Gasteiger partial charge in [-0.15, -0.1) is 11.3 Å². The van der Waals surface area contributed by atoms with Gasteiger partial charge in [-0.05, 0) is 30.8 Å². The van der Waals surface area contributed by atoms with E-state index in [4.69, 9.17) is 5.73 Å². The van der Waals surface area contributed by atoms with Crippen molar-refractivity contribution < 1.29 is 13.2 Å². The minimum Gasteiger partial charge on any atom is -0.322 e. The molecule has 2 rings (SSSR count). The van der Waals surface area contributed by atoms with Crippen molar-refractivity contribution in [3.05, 3.63) is 22.4 Å². The van der Waals surface area contributed by atoms with Gasteiger partial charge in [-0.3, -0.25) is 0 Å². The van der Waals surface area contributed by atoms with Crippen LogP contribution in [-0.2, 0) is 0 Å². The summed E-state index contributed by atoms with van der Waals surface area (Å²) in [7, 11) is 0. The second-order valence-electron chi connectivity index (χ2n) is 4.76. The number of hydrogen-bond donors (Lipinski definition) is 1. The highest BCUT2D eigenvalue weighted by Crippen LogP contribution is 2.33.